The Morgan fingerprint density at radius 1 is 1.35 bits per heavy atom. The van der Waals surface area contributed by atoms with Gasteiger partial charge in [-0.15, -0.1) is 12.4 Å². The van der Waals surface area contributed by atoms with Crippen LogP contribution in [-0.2, 0) is 11.2 Å². The third-order valence-corrected chi connectivity index (χ3v) is 4.84. The summed E-state index contributed by atoms with van der Waals surface area (Å²) in [7, 11) is 0. The lowest BCUT2D eigenvalue weighted by Gasteiger charge is -2.36. The molecule has 4 N–H and O–H groups in total. The maximum atomic E-state index is 12.4. The number of nitrogens with one attached hydrogen (secondary N) is 2. The highest BCUT2D eigenvalue weighted by Crippen LogP contribution is 2.27. The fourth-order valence-corrected chi connectivity index (χ4v) is 3.44. The highest BCUT2D eigenvalue weighted by Gasteiger charge is 2.31. The Morgan fingerprint density at radius 3 is 2.65 bits per heavy atom. The minimum atomic E-state index is -0.189. The van der Waals surface area contributed by atoms with Crippen LogP contribution in [0.25, 0.3) is 0 Å². The van der Waals surface area contributed by atoms with E-state index in [1.807, 2.05) is 13.8 Å². The average Bonchev–Trinajstić information content (AvgIpc) is 3.04. The second-order valence-electron chi connectivity index (χ2n) is 7.04. The first-order chi connectivity index (χ1) is 11.9. The summed E-state index contributed by atoms with van der Waals surface area (Å²) in [4.78, 5) is 24.3. The summed E-state index contributed by atoms with van der Waals surface area (Å²) in [5, 5.41) is 9.99. The summed E-state index contributed by atoms with van der Waals surface area (Å²) in [5.41, 5.74) is 6.01. The number of carbonyl (C=O) groups is 2. The van der Waals surface area contributed by atoms with Crippen molar-refractivity contribution in [1.29, 1.82) is 0 Å². The molecule has 26 heavy (non-hydrogen) atoms. The first-order valence-electron chi connectivity index (χ1n) is 9.24. The number of nitrogens with two attached hydrogens (primary N) is 1. The number of hydrogen-bond acceptors (Lipinski definition) is 5. The Bertz CT molecular complexity index is 591. The molecule has 2 amide bonds. The highest BCUT2D eigenvalue weighted by atomic mass is 35.5. The van der Waals surface area contributed by atoms with Crippen LogP contribution in [0.2, 0.25) is 0 Å². The summed E-state index contributed by atoms with van der Waals surface area (Å²) in [6, 6.07) is 1.81. The van der Waals surface area contributed by atoms with Crippen molar-refractivity contribution < 1.29 is 14.1 Å². The Morgan fingerprint density at radius 2 is 2.08 bits per heavy atom. The first kappa shape index (κ1) is 22.4. The van der Waals surface area contributed by atoms with E-state index in [9.17, 15) is 9.59 Å². The summed E-state index contributed by atoms with van der Waals surface area (Å²) in [6.07, 6.45) is 4.56. The molecule has 1 aromatic rings. The molecule has 1 saturated carbocycles. The van der Waals surface area contributed by atoms with Gasteiger partial charge in [0.05, 0.1) is 0 Å². The van der Waals surface area contributed by atoms with E-state index in [2.05, 4.69) is 22.7 Å². The fraction of sp³-hybridized carbons (Fsp3) is 0.722. The molecule has 0 saturated heterocycles. The molecule has 2 rings (SSSR count). The van der Waals surface area contributed by atoms with Crippen LogP contribution in [0.3, 0.4) is 0 Å². The number of hydrogen-bond donors (Lipinski definition) is 3. The second-order valence-corrected chi connectivity index (χ2v) is 7.04. The monoisotopic (exact) mass is 386 g/mol. The zero-order chi connectivity index (χ0) is 18.4. The van der Waals surface area contributed by atoms with Crippen LogP contribution < -0.4 is 16.4 Å². The molecule has 7 nitrogen and oxygen atoms in total. The Balaban J connectivity index is 0.00000338. The number of rotatable bonds is 7. The van der Waals surface area contributed by atoms with Crippen molar-refractivity contribution in [2.45, 2.75) is 77.4 Å². The smallest absolute Gasteiger partial charge is 0.273 e. The van der Waals surface area contributed by atoms with Gasteiger partial charge in [-0.3, -0.25) is 9.59 Å². The summed E-state index contributed by atoms with van der Waals surface area (Å²) >= 11 is 0. The topological polar surface area (TPSA) is 110 Å². The van der Waals surface area contributed by atoms with E-state index in [-0.39, 0.29) is 42.3 Å². The molecule has 1 aromatic heterocycles. The molecule has 0 radical (unpaired) electrons. The van der Waals surface area contributed by atoms with Gasteiger partial charge in [-0.05, 0) is 32.1 Å². The maximum absolute atomic E-state index is 12.4. The molecule has 1 heterocycles. The third-order valence-electron chi connectivity index (χ3n) is 4.84. The van der Waals surface area contributed by atoms with E-state index in [1.165, 1.54) is 0 Å². The molecular weight excluding hydrogens is 356 g/mol. The van der Waals surface area contributed by atoms with Gasteiger partial charge < -0.3 is 20.9 Å². The molecule has 8 heteroatoms. The quantitative estimate of drug-likeness (QED) is 0.665. The number of carbonyl (C=O) groups excluding carboxylic acids is 2. The predicted octanol–water partition coefficient (Wildman–Crippen LogP) is 2.19. The van der Waals surface area contributed by atoms with Crippen molar-refractivity contribution in [3.63, 3.8) is 0 Å². The van der Waals surface area contributed by atoms with Crippen molar-refractivity contribution in [3.8, 4) is 0 Å². The van der Waals surface area contributed by atoms with Crippen molar-refractivity contribution in [2.24, 2.45) is 11.7 Å². The van der Waals surface area contributed by atoms with Crippen LogP contribution in [0.1, 0.15) is 69.1 Å². The van der Waals surface area contributed by atoms with Crippen LogP contribution in [0.4, 0.5) is 0 Å². The number of aromatic nitrogens is 1. The number of halogens is 1. The van der Waals surface area contributed by atoms with Gasteiger partial charge in [0.25, 0.3) is 5.91 Å². The van der Waals surface area contributed by atoms with E-state index in [4.69, 9.17) is 10.3 Å². The Labute approximate surface area is 161 Å². The number of nitrogens with zero attached hydrogens (tertiary/aromatic N) is 1. The normalized spacial score (nSPS) is 23.6. The highest BCUT2D eigenvalue weighted by molar-refractivity contribution is 5.92. The van der Waals surface area contributed by atoms with Gasteiger partial charge in [-0.25, -0.2) is 0 Å². The van der Waals surface area contributed by atoms with Gasteiger partial charge in [-0.2, -0.15) is 0 Å². The zero-order valence-electron chi connectivity index (χ0n) is 15.8. The molecule has 1 aliphatic carbocycles. The molecule has 0 spiro atoms. The molecule has 1 unspecified atom stereocenters. The standard InChI is InChI=1S/C18H30N4O3.ClH/c1-4-12-9-13(20-17(23)8-11(3)19)6-7-15(12)21-18(24)16-10-14(5-2)25-22-16;/h10-13,15H,4-9,19H2,1-3H3,(H,20,23)(H,21,24);1H/t11?,12-,13+,15+;/m1./s1. The van der Waals surface area contributed by atoms with E-state index < -0.39 is 0 Å². The molecule has 1 fully saturated rings. The van der Waals surface area contributed by atoms with Crippen LogP contribution in [0.5, 0.6) is 0 Å². The lowest BCUT2D eigenvalue weighted by atomic mass is 9.80. The van der Waals surface area contributed by atoms with Gasteiger partial charge in [0.2, 0.25) is 5.91 Å². The summed E-state index contributed by atoms with van der Waals surface area (Å²) < 4.78 is 5.10. The molecule has 0 aliphatic heterocycles. The minimum Gasteiger partial charge on any atom is -0.361 e. The fourth-order valence-electron chi connectivity index (χ4n) is 3.44. The number of amides is 2. The minimum absolute atomic E-state index is 0. The van der Waals surface area contributed by atoms with E-state index >= 15 is 0 Å². The first-order valence-corrected chi connectivity index (χ1v) is 9.24. The zero-order valence-corrected chi connectivity index (χ0v) is 16.6. The van der Waals surface area contributed by atoms with Gasteiger partial charge in [0.15, 0.2) is 5.69 Å². The van der Waals surface area contributed by atoms with Crippen molar-refractivity contribution >= 4 is 24.2 Å². The van der Waals surface area contributed by atoms with Crippen molar-refractivity contribution in [3.05, 3.63) is 17.5 Å². The molecule has 0 aromatic carbocycles. The SMILES string of the molecule is CCc1cc(C(=O)N[C@H]2CC[C@H](NC(=O)CC(C)N)C[C@H]2CC)no1.Cl. The largest absolute Gasteiger partial charge is 0.361 e. The van der Waals surface area contributed by atoms with E-state index in [0.29, 0.717) is 30.2 Å². The number of aryl methyl sites for hydroxylation is 1. The third kappa shape index (κ3) is 6.29. The lowest BCUT2D eigenvalue weighted by Crippen LogP contribution is -2.49. The molecule has 0 bridgehead atoms. The Kier molecular flexibility index (Phi) is 9.08. The molecule has 1 aliphatic rings. The summed E-state index contributed by atoms with van der Waals surface area (Å²) in [5.74, 6) is 0.854. The van der Waals surface area contributed by atoms with Crippen molar-refractivity contribution in [2.75, 3.05) is 0 Å². The second kappa shape index (κ2) is 10.5. The van der Waals surface area contributed by atoms with Crippen LogP contribution in [0.15, 0.2) is 10.6 Å². The average molecular weight is 387 g/mol. The maximum Gasteiger partial charge on any atom is 0.273 e. The van der Waals surface area contributed by atoms with Gasteiger partial charge in [-0.1, -0.05) is 25.4 Å². The van der Waals surface area contributed by atoms with E-state index in [0.717, 1.165) is 25.7 Å². The van der Waals surface area contributed by atoms with Crippen LogP contribution in [-0.4, -0.2) is 35.1 Å². The van der Waals surface area contributed by atoms with Gasteiger partial charge in [0, 0.05) is 37.0 Å². The van der Waals surface area contributed by atoms with E-state index in [1.54, 1.807) is 6.07 Å². The predicted molar refractivity (Wildman–Crippen MR) is 102 cm³/mol. The lowest BCUT2D eigenvalue weighted by molar-refractivity contribution is -0.122. The molecular formula is C18H31ClN4O3. The van der Waals surface area contributed by atoms with Gasteiger partial charge >= 0.3 is 0 Å². The van der Waals surface area contributed by atoms with Crippen molar-refractivity contribution in [1.82, 2.24) is 15.8 Å². The van der Waals surface area contributed by atoms with Gasteiger partial charge in [0.1, 0.15) is 5.76 Å². The molecule has 148 valence electrons. The molecule has 4 atom stereocenters. The van der Waals surface area contributed by atoms with Crippen LogP contribution >= 0.6 is 12.4 Å². The summed E-state index contributed by atoms with van der Waals surface area (Å²) in [6.45, 7) is 5.90. The van der Waals surface area contributed by atoms with Crippen LogP contribution in [0, 0.1) is 5.92 Å². The Hall–Kier alpha value is -1.60.